The topological polar surface area (TPSA) is 29.3 Å². The molecule has 1 aliphatic heterocycles. The fraction of sp³-hybridized carbons (Fsp3) is 1.00. The summed E-state index contributed by atoms with van der Waals surface area (Å²) in [6.07, 6.45) is 5.45. The van der Waals surface area contributed by atoms with Crippen LogP contribution in [-0.2, 0) is 0 Å². The minimum Gasteiger partial charge on any atom is -0.326 e. The molecule has 0 aromatic carbocycles. The van der Waals surface area contributed by atoms with Crippen molar-refractivity contribution >= 4 is 0 Å². The summed E-state index contributed by atoms with van der Waals surface area (Å²) in [4.78, 5) is 2.64. The summed E-state index contributed by atoms with van der Waals surface area (Å²) in [6, 6.07) is 1.27. The van der Waals surface area contributed by atoms with Crippen LogP contribution in [0.2, 0.25) is 0 Å². The zero-order valence-corrected chi connectivity index (χ0v) is 9.58. The third-order valence-corrected chi connectivity index (χ3v) is 4.39. The summed E-state index contributed by atoms with van der Waals surface area (Å²) in [6.45, 7) is 7.22. The molecule has 0 spiro atoms. The molecule has 0 bridgehead atoms. The van der Waals surface area contributed by atoms with Crippen molar-refractivity contribution in [3.05, 3.63) is 0 Å². The quantitative estimate of drug-likeness (QED) is 0.693. The largest absolute Gasteiger partial charge is 0.326 e. The maximum atomic E-state index is 5.97. The molecule has 0 amide bonds. The molecule has 4 atom stereocenters. The maximum absolute atomic E-state index is 5.97. The smallest absolute Gasteiger partial charge is 0.0180 e. The Morgan fingerprint density at radius 1 is 1.14 bits per heavy atom. The van der Waals surface area contributed by atoms with Gasteiger partial charge in [-0.05, 0) is 24.7 Å². The number of hydrogen-bond donors (Lipinski definition) is 1. The second-order valence-electron chi connectivity index (χ2n) is 5.38. The van der Waals surface area contributed by atoms with Crippen LogP contribution in [0, 0.1) is 11.8 Å². The molecular formula is C12H24N2. The second-order valence-corrected chi connectivity index (χ2v) is 5.38. The molecule has 0 aromatic heterocycles. The lowest BCUT2D eigenvalue weighted by Crippen LogP contribution is -2.43. The molecular weight excluding hydrogens is 172 g/mol. The Morgan fingerprint density at radius 3 is 2.57 bits per heavy atom. The fourth-order valence-electron chi connectivity index (χ4n) is 3.19. The van der Waals surface area contributed by atoms with Crippen LogP contribution < -0.4 is 5.73 Å². The lowest BCUT2D eigenvalue weighted by atomic mass is 9.77. The Labute approximate surface area is 87.8 Å². The van der Waals surface area contributed by atoms with Crippen LogP contribution in [-0.4, -0.2) is 30.1 Å². The van der Waals surface area contributed by atoms with Gasteiger partial charge in [-0.25, -0.2) is 0 Å². The number of likely N-dealkylation sites (tertiary alicyclic amines) is 1. The predicted molar refractivity (Wildman–Crippen MR) is 60.1 cm³/mol. The summed E-state index contributed by atoms with van der Waals surface area (Å²) in [5.74, 6) is 1.78. The predicted octanol–water partition coefficient (Wildman–Crippen LogP) is 1.84. The molecule has 1 saturated carbocycles. The van der Waals surface area contributed by atoms with Crippen LogP contribution in [0.1, 0.15) is 39.5 Å². The van der Waals surface area contributed by atoms with Crippen LogP contribution in [0.15, 0.2) is 0 Å². The van der Waals surface area contributed by atoms with E-state index in [2.05, 4.69) is 18.7 Å². The van der Waals surface area contributed by atoms with E-state index in [1.807, 2.05) is 0 Å². The van der Waals surface area contributed by atoms with E-state index in [9.17, 15) is 0 Å². The molecule has 2 nitrogen and oxygen atoms in total. The van der Waals surface area contributed by atoms with Gasteiger partial charge < -0.3 is 5.73 Å². The van der Waals surface area contributed by atoms with E-state index < -0.39 is 0 Å². The standard InChI is InChI=1S/C12H24N2/c1-9-4-3-5-12(10(9)2)14-7-6-11(13)8-14/h9-12H,3-8,13H2,1-2H3. The summed E-state index contributed by atoms with van der Waals surface area (Å²) < 4.78 is 0. The lowest BCUT2D eigenvalue weighted by Gasteiger charge is -2.39. The highest BCUT2D eigenvalue weighted by molar-refractivity contribution is 4.89. The van der Waals surface area contributed by atoms with E-state index in [-0.39, 0.29) is 0 Å². The Bertz CT molecular complexity index is 193. The van der Waals surface area contributed by atoms with Crippen molar-refractivity contribution in [2.75, 3.05) is 13.1 Å². The highest BCUT2D eigenvalue weighted by Gasteiger charge is 2.34. The second kappa shape index (κ2) is 4.19. The van der Waals surface area contributed by atoms with Crippen LogP contribution >= 0.6 is 0 Å². The molecule has 2 aliphatic rings. The van der Waals surface area contributed by atoms with Gasteiger partial charge in [-0.1, -0.05) is 26.7 Å². The number of rotatable bonds is 1. The monoisotopic (exact) mass is 196 g/mol. The summed E-state index contributed by atoms with van der Waals surface area (Å²) >= 11 is 0. The minimum atomic E-state index is 0.444. The van der Waals surface area contributed by atoms with Crippen LogP contribution in [0.5, 0.6) is 0 Å². The van der Waals surface area contributed by atoms with E-state index in [0.717, 1.165) is 24.4 Å². The zero-order chi connectivity index (χ0) is 10.1. The first kappa shape index (κ1) is 10.4. The van der Waals surface area contributed by atoms with Gasteiger partial charge >= 0.3 is 0 Å². The Kier molecular flexibility index (Phi) is 3.13. The fourth-order valence-corrected chi connectivity index (χ4v) is 3.19. The third-order valence-electron chi connectivity index (χ3n) is 4.39. The van der Waals surface area contributed by atoms with Gasteiger partial charge in [-0.2, -0.15) is 0 Å². The van der Waals surface area contributed by atoms with Crippen molar-refractivity contribution in [3.63, 3.8) is 0 Å². The van der Waals surface area contributed by atoms with E-state index in [0.29, 0.717) is 6.04 Å². The Morgan fingerprint density at radius 2 is 1.93 bits per heavy atom. The van der Waals surface area contributed by atoms with Gasteiger partial charge in [-0.3, -0.25) is 4.90 Å². The normalized spacial score (nSPS) is 45.6. The first-order chi connectivity index (χ1) is 6.68. The van der Waals surface area contributed by atoms with Crippen molar-refractivity contribution in [2.24, 2.45) is 17.6 Å². The highest BCUT2D eigenvalue weighted by Crippen LogP contribution is 2.33. The highest BCUT2D eigenvalue weighted by atomic mass is 15.2. The van der Waals surface area contributed by atoms with Gasteiger partial charge in [0.2, 0.25) is 0 Å². The van der Waals surface area contributed by atoms with E-state index in [1.165, 1.54) is 32.2 Å². The van der Waals surface area contributed by atoms with Crippen molar-refractivity contribution in [3.8, 4) is 0 Å². The van der Waals surface area contributed by atoms with E-state index >= 15 is 0 Å². The minimum absolute atomic E-state index is 0.444. The molecule has 2 N–H and O–H groups in total. The first-order valence-corrected chi connectivity index (χ1v) is 6.18. The average molecular weight is 196 g/mol. The lowest BCUT2D eigenvalue weighted by molar-refractivity contribution is 0.100. The average Bonchev–Trinajstić information content (AvgIpc) is 2.57. The van der Waals surface area contributed by atoms with Crippen molar-refractivity contribution < 1.29 is 0 Å². The van der Waals surface area contributed by atoms with Gasteiger partial charge in [0.05, 0.1) is 0 Å². The van der Waals surface area contributed by atoms with Gasteiger partial charge in [-0.15, -0.1) is 0 Å². The van der Waals surface area contributed by atoms with Crippen LogP contribution in [0.25, 0.3) is 0 Å². The zero-order valence-electron chi connectivity index (χ0n) is 9.58. The molecule has 0 radical (unpaired) electrons. The summed E-state index contributed by atoms with van der Waals surface area (Å²) in [5, 5.41) is 0. The molecule has 82 valence electrons. The molecule has 14 heavy (non-hydrogen) atoms. The van der Waals surface area contributed by atoms with Crippen molar-refractivity contribution in [1.82, 2.24) is 4.90 Å². The SMILES string of the molecule is CC1CCCC(N2CCC(N)C2)C1C. The number of nitrogens with zero attached hydrogens (tertiary/aromatic N) is 1. The summed E-state index contributed by atoms with van der Waals surface area (Å²) in [7, 11) is 0. The van der Waals surface area contributed by atoms with Gasteiger partial charge in [0, 0.05) is 25.2 Å². The molecule has 2 fully saturated rings. The van der Waals surface area contributed by atoms with E-state index in [1.54, 1.807) is 0 Å². The van der Waals surface area contributed by atoms with Crippen molar-refractivity contribution in [1.29, 1.82) is 0 Å². The van der Waals surface area contributed by atoms with Crippen LogP contribution in [0.3, 0.4) is 0 Å². The molecule has 2 rings (SSSR count). The molecule has 4 unspecified atom stereocenters. The number of nitrogens with two attached hydrogens (primary N) is 1. The molecule has 1 saturated heterocycles. The molecule has 1 heterocycles. The number of hydrogen-bond acceptors (Lipinski definition) is 2. The van der Waals surface area contributed by atoms with E-state index in [4.69, 9.17) is 5.73 Å². The van der Waals surface area contributed by atoms with Gasteiger partial charge in [0.15, 0.2) is 0 Å². The van der Waals surface area contributed by atoms with Crippen molar-refractivity contribution in [2.45, 2.75) is 51.6 Å². The molecule has 2 heteroatoms. The summed E-state index contributed by atoms with van der Waals surface area (Å²) in [5.41, 5.74) is 5.97. The Hall–Kier alpha value is -0.0800. The van der Waals surface area contributed by atoms with Gasteiger partial charge in [0.25, 0.3) is 0 Å². The third kappa shape index (κ3) is 1.96. The first-order valence-electron chi connectivity index (χ1n) is 6.18. The maximum Gasteiger partial charge on any atom is 0.0180 e. The molecule has 0 aromatic rings. The molecule has 1 aliphatic carbocycles. The Balaban J connectivity index is 1.95. The van der Waals surface area contributed by atoms with Crippen LogP contribution in [0.4, 0.5) is 0 Å². The van der Waals surface area contributed by atoms with Gasteiger partial charge in [0.1, 0.15) is 0 Å².